The maximum absolute atomic E-state index is 4.56. The van der Waals surface area contributed by atoms with Gasteiger partial charge in [-0.25, -0.2) is 4.98 Å². The van der Waals surface area contributed by atoms with Gasteiger partial charge in [0.1, 0.15) is 5.01 Å². The van der Waals surface area contributed by atoms with E-state index in [1.165, 1.54) is 39.4 Å². The lowest BCUT2D eigenvalue weighted by Gasteiger charge is -2.29. The zero-order valence-corrected chi connectivity index (χ0v) is 18.8. The molecule has 5 heteroatoms. The van der Waals surface area contributed by atoms with Crippen LogP contribution in [-0.2, 0) is 12.8 Å². The van der Waals surface area contributed by atoms with Gasteiger partial charge in [-0.2, -0.15) is 0 Å². The van der Waals surface area contributed by atoms with E-state index < -0.39 is 0 Å². The van der Waals surface area contributed by atoms with Crippen LogP contribution in [0.2, 0.25) is 0 Å². The number of para-hydroxylation sites is 1. The van der Waals surface area contributed by atoms with Gasteiger partial charge in [0.05, 0.1) is 12.4 Å². The number of aromatic nitrogens is 1. The molecule has 0 saturated heterocycles. The van der Waals surface area contributed by atoms with E-state index in [0.29, 0.717) is 0 Å². The fraction of sp³-hybridized carbons (Fsp3) is 0.148. The van der Waals surface area contributed by atoms with E-state index >= 15 is 0 Å². The third-order valence-electron chi connectivity index (χ3n) is 6.20. The minimum Gasteiger partial charge on any atom is -0.361 e. The number of hydrogen-bond donors (Lipinski definition) is 0. The molecule has 0 radical (unpaired) electrons. The van der Waals surface area contributed by atoms with Crippen LogP contribution in [0.5, 0.6) is 0 Å². The summed E-state index contributed by atoms with van der Waals surface area (Å²) in [6.45, 7) is 0.866. The molecule has 0 fully saturated rings. The molecular weight excluding hydrogens is 412 g/mol. The molecule has 4 nitrogen and oxygen atoms in total. The summed E-state index contributed by atoms with van der Waals surface area (Å²) < 4.78 is 0. The lowest BCUT2D eigenvalue weighted by Crippen LogP contribution is -2.22. The van der Waals surface area contributed by atoms with Crippen LogP contribution < -0.4 is 9.80 Å². The first-order valence-electron chi connectivity index (χ1n) is 10.9. The Morgan fingerprint density at radius 3 is 2.47 bits per heavy atom. The number of hydrogen-bond acceptors (Lipinski definition) is 5. The summed E-state index contributed by atoms with van der Waals surface area (Å²) in [5, 5.41) is 3.10. The number of benzene rings is 3. The summed E-state index contributed by atoms with van der Waals surface area (Å²) in [7, 11) is 2.10. The third kappa shape index (κ3) is 3.35. The van der Waals surface area contributed by atoms with E-state index in [1.54, 1.807) is 11.3 Å². The molecule has 2 aliphatic rings. The van der Waals surface area contributed by atoms with Crippen molar-refractivity contribution in [2.24, 2.45) is 0 Å². The minimum absolute atomic E-state index is 0.866. The number of fused-ring (bicyclic) bond motifs is 2. The molecule has 0 atom stereocenters. The van der Waals surface area contributed by atoms with Crippen molar-refractivity contribution in [2.45, 2.75) is 12.8 Å². The molecule has 0 unspecified atom stereocenters. The molecule has 0 bridgehead atoms. The molecule has 6 rings (SSSR count). The highest BCUT2D eigenvalue weighted by Gasteiger charge is 2.23. The van der Waals surface area contributed by atoms with E-state index in [0.717, 1.165) is 24.5 Å². The quantitative estimate of drug-likeness (QED) is 0.363. The zero-order chi connectivity index (χ0) is 21.5. The molecule has 2 aliphatic heterocycles. The van der Waals surface area contributed by atoms with E-state index in [9.17, 15) is 0 Å². The summed E-state index contributed by atoms with van der Waals surface area (Å²) >= 11 is 1.69. The van der Waals surface area contributed by atoms with Crippen molar-refractivity contribution in [3.8, 4) is 10.6 Å². The van der Waals surface area contributed by atoms with Gasteiger partial charge in [-0.15, -0.1) is 11.3 Å². The fourth-order valence-corrected chi connectivity index (χ4v) is 5.24. The average molecular weight is 437 g/mol. The highest BCUT2D eigenvalue weighted by Crippen LogP contribution is 2.44. The zero-order valence-electron chi connectivity index (χ0n) is 18.0. The summed E-state index contributed by atoms with van der Waals surface area (Å²) in [6.07, 6.45) is 8.20. The molecule has 4 aromatic rings. The molecule has 32 heavy (non-hydrogen) atoms. The van der Waals surface area contributed by atoms with Crippen LogP contribution in [-0.4, -0.2) is 23.6 Å². The van der Waals surface area contributed by atoms with Crippen molar-refractivity contribution in [2.75, 3.05) is 23.5 Å². The molecule has 0 spiro atoms. The van der Waals surface area contributed by atoms with Crippen molar-refractivity contribution >= 4 is 34.1 Å². The van der Waals surface area contributed by atoms with Gasteiger partial charge in [0, 0.05) is 53.7 Å². The predicted molar refractivity (Wildman–Crippen MR) is 134 cm³/mol. The van der Waals surface area contributed by atoms with Gasteiger partial charge in [0.2, 0.25) is 0 Å². The number of thiazole rings is 1. The summed E-state index contributed by atoms with van der Waals surface area (Å²) in [6, 6.07) is 24.5. The number of anilines is 4. The van der Waals surface area contributed by atoms with E-state index in [4.69, 9.17) is 0 Å². The predicted octanol–water partition coefficient (Wildman–Crippen LogP) is 6.56. The maximum atomic E-state index is 4.56. The van der Waals surface area contributed by atoms with E-state index in [-0.39, 0.29) is 0 Å². The van der Waals surface area contributed by atoms with Crippen LogP contribution in [0.4, 0.5) is 22.7 Å². The smallest absolute Gasteiger partial charge is 0.123 e. The van der Waals surface area contributed by atoms with Crippen molar-refractivity contribution in [1.29, 1.82) is 0 Å². The van der Waals surface area contributed by atoms with Gasteiger partial charge in [-0.05, 0) is 54.3 Å². The van der Waals surface area contributed by atoms with Gasteiger partial charge in [-0.1, -0.05) is 36.4 Å². The minimum atomic E-state index is 0.866. The Labute approximate surface area is 192 Å². The van der Waals surface area contributed by atoms with Crippen molar-refractivity contribution in [3.05, 3.63) is 102 Å². The average Bonchev–Trinajstić information content (AvgIpc) is 3.48. The Kier molecular flexibility index (Phi) is 4.69. The number of nitrogens with zero attached hydrogens (tertiary/aromatic N) is 4. The molecule has 158 valence electrons. The Hall–Kier alpha value is -3.57. The summed E-state index contributed by atoms with van der Waals surface area (Å²) in [4.78, 5) is 11.4. The molecule has 1 aromatic heterocycles. The Bertz CT molecular complexity index is 1290. The fourth-order valence-electron chi connectivity index (χ4n) is 4.61. The van der Waals surface area contributed by atoms with Crippen LogP contribution in [0.15, 0.2) is 90.7 Å². The third-order valence-corrected chi connectivity index (χ3v) is 7.02. The van der Waals surface area contributed by atoms with E-state index in [1.807, 2.05) is 11.6 Å². The number of aryl methyl sites for hydroxylation is 2. The monoisotopic (exact) mass is 436 g/mol. The standard InChI is InChI=1S/C27H24N4S/c1-29-14-15-30(19-29)23-6-4-7-24(18-23)31-25-8-3-2-5-20(25)9-10-21-11-12-22(17-26(21)31)27-28-13-16-32-27/h2-8,11-18H,9-10,19H2,1H3. The van der Waals surface area contributed by atoms with Crippen LogP contribution in [0, 0.1) is 0 Å². The second-order valence-electron chi connectivity index (χ2n) is 8.33. The first-order valence-corrected chi connectivity index (χ1v) is 11.8. The van der Waals surface area contributed by atoms with Crippen molar-refractivity contribution in [1.82, 2.24) is 9.88 Å². The Balaban J connectivity index is 1.52. The SMILES string of the molecule is CN1C=CN(c2cccc(N3c4ccccc4CCc4ccc(-c5nccs5)cc43)c2)C1. The topological polar surface area (TPSA) is 22.6 Å². The second kappa shape index (κ2) is 7.84. The highest BCUT2D eigenvalue weighted by molar-refractivity contribution is 7.13. The Morgan fingerprint density at radius 1 is 0.812 bits per heavy atom. The van der Waals surface area contributed by atoms with Crippen molar-refractivity contribution < 1.29 is 0 Å². The molecule has 0 saturated carbocycles. The molecule has 0 aliphatic carbocycles. The second-order valence-corrected chi connectivity index (χ2v) is 9.23. The summed E-state index contributed by atoms with van der Waals surface area (Å²) in [5.41, 5.74) is 8.80. The molecule has 3 heterocycles. The largest absolute Gasteiger partial charge is 0.361 e. The van der Waals surface area contributed by atoms with Crippen LogP contribution in [0.1, 0.15) is 11.1 Å². The molecular formula is C27H24N4S. The lowest BCUT2D eigenvalue weighted by molar-refractivity contribution is 0.496. The van der Waals surface area contributed by atoms with Crippen LogP contribution in [0.3, 0.4) is 0 Å². The highest BCUT2D eigenvalue weighted by atomic mass is 32.1. The van der Waals surface area contributed by atoms with Gasteiger partial charge < -0.3 is 14.7 Å². The normalized spacial score (nSPS) is 15.0. The Morgan fingerprint density at radius 2 is 1.66 bits per heavy atom. The summed E-state index contributed by atoms with van der Waals surface area (Å²) in [5.74, 6) is 0. The van der Waals surface area contributed by atoms with Gasteiger partial charge >= 0.3 is 0 Å². The maximum Gasteiger partial charge on any atom is 0.123 e. The lowest BCUT2D eigenvalue weighted by atomic mass is 10.0. The van der Waals surface area contributed by atoms with Crippen LogP contribution >= 0.6 is 11.3 Å². The first-order chi connectivity index (χ1) is 15.8. The first kappa shape index (κ1) is 19.1. The molecule has 0 N–H and O–H groups in total. The van der Waals surface area contributed by atoms with Gasteiger partial charge in [0.25, 0.3) is 0 Å². The van der Waals surface area contributed by atoms with Crippen molar-refractivity contribution in [3.63, 3.8) is 0 Å². The van der Waals surface area contributed by atoms with E-state index in [2.05, 4.69) is 106 Å². The van der Waals surface area contributed by atoms with Gasteiger partial charge in [-0.3, -0.25) is 0 Å². The van der Waals surface area contributed by atoms with Gasteiger partial charge in [0.15, 0.2) is 0 Å². The molecule has 0 amide bonds. The van der Waals surface area contributed by atoms with Crippen LogP contribution in [0.25, 0.3) is 10.6 Å². The molecule has 3 aromatic carbocycles. The number of rotatable bonds is 3.